The molecule has 3 N–H and O–H groups in total. The predicted octanol–water partition coefficient (Wildman–Crippen LogP) is 18.1. The maximum Gasteiger partial charge on any atom is 0.335 e. The van der Waals surface area contributed by atoms with Crippen LogP contribution in [0.4, 0.5) is 0 Å². The van der Waals surface area contributed by atoms with Crippen molar-refractivity contribution in [2.75, 3.05) is 13.2 Å². The molecule has 0 bridgehead atoms. The minimum Gasteiger partial charge on any atom is -0.479 e. The number of rotatable bonds is 58. The van der Waals surface area contributed by atoms with Crippen LogP contribution in [0.2, 0.25) is 0 Å². The van der Waals surface area contributed by atoms with Crippen LogP contribution < -0.4 is 0 Å². The number of aliphatic carboxylic acids is 1. The van der Waals surface area contributed by atoms with Crippen molar-refractivity contribution in [3.63, 3.8) is 0 Å². The van der Waals surface area contributed by atoms with Gasteiger partial charge in [-0.1, -0.05) is 262 Å². The first kappa shape index (κ1) is 75.7. The lowest BCUT2D eigenvalue weighted by Crippen LogP contribution is -2.61. The molecule has 0 aromatic carbocycles. The molecule has 6 atom stereocenters. The van der Waals surface area contributed by atoms with Gasteiger partial charge in [0.1, 0.15) is 18.8 Å². The molecule has 1 rings (SSSR count). The van der Waals surface area contributed by atoms with E-state index >= 15 is 0 Å². The molecular formula is C69H122O12. The van der Waals surface area contributed by atoms with Crippen molar-refractivity contribution in [2.24, 2.45) is 0 Å². The topological polar surface area (TPSA) is 175 Å². The van der Waals surface area contributed by atoms with Gasteiger partial charge in [-0.25, -0.2) is 4.79 Å². The Kier molecular flexibility index (Phi) is 53.4. The normalized spacial score (nSPS) is 18.0. The van der Waals surface area contributed by atoms with Gasteiger partial charge in [0.15, 0.2) is 24.6 Å². The van der Waals surface area contributed by atoms with Crippen molar-refractivity contribution in [2.45, 2.75) is 353 Å². The van der Waals surface area contributed by atoms with Crippen LogP contribution in [-0.4, -0.2) is 89.2 Å². The molecule has 470 valence electrons. The van der Waals surface area contributed by atoms with Crippen LogP contribution in [0.3, 0.4) is 0 Å². The van der Waals surface area contributed by atoms with E-state index in [2.05, 4.69) is 69.4 Å². The lowest BCUT2D eigenvalue weighted by atomic mass is 9.98. The second-order valence-electron chi connectivity index (χ2n) is 23.1. The predicted molar refractivity (Wildman–Crippen MR) is 331 cm³/mol. The van der Waals surface area contributed by atoms with Gasteiger partial charge in [-0.05, 0) is 83.5 Å². The van der Waals surface area contributed by atoms with E-state index in [1.54, 1.807) is 0 Å². The van der Waals surface area contributed by atoms with Gasteiger partial charge in [-0.15, -0.1) is 0 Å². The van der Waals surface area contributed by atoms with E-state index in [1.807, 2.05) is 0 Å². The Morgan fingerprint density at radius 3 is 1.14 bits per heavy atom. The first-order valence-corrected chi connectivity index (χ1v) is 33.6. The van der Waals surface area contributed by atoms with E-state index in [-0.39, 0.29) is 25.9 Å². The largest absolute Gasteiger partial charge is 0.479 e. The Labute approximate surface area is 494 Å². The fourth-order valence-corrected chi connectivity index (χ4v) is 10.2. The van der Waals surface area contributed by atoms with Gasteiger partial charge in [0.05, 0.1) is 6.61 Å². The maximum absolute atomic E-state index is 13.2. The number of hydrogen-bond acceptors (Lipinski definition) is 11. The number of ether oxygens (including phenoxy) is 5. The highest BCUT2D eigenvalue weighted by molar-refractivity contribution is 5.74. The fourth-order valence-electron chi connectivity index (χ4n) is 10.2. The number of hydrogen-bond donors (Lipinski definition) is 3. The molecule has 1 aliphatic heterocycles. The third-order valence-electron chi connectivity index (χ3n) is 15.4. The highest BCUT2D eigenvalue weighted by Gasteiger charge is 2.50. The van der Waals surface area contributed by atoms with Crippen LogP contribution in [0.1, 0.15) is 316 Å². The lowest BCUT2D eigenvalue weighted by Gasteiger charge is -2.40. The first-order chi connectivity index (χ1) is 39.6. The van der Waals surface area contributed by atoms with Crippen LogP contribution >= 0.6 is 0 Å². The molecule has 1 fully saturated rings. The Morgan fingerprint density at radius 1 is 0.407 bits per heavy atom. The molecule has 0 aromatic rings. The number of aliphatic hydroxyl groups is 2. The zero-order valence-electron chi connectivity index (χ0n) is 52.0. The number of aliphatic hydroxyl groups excluding tert-OH is 2. The number of carboxylic acids is 1. The Balaban J connectivity index is 2.64. The van der Waals surface area contributed by atoms with Crippen molar-refractivity contribution in [3.8, 4) is 0 Å². The highest BCUT2D eigenvalue weighted by Crippen LogP contribution is 2.27. The number of carbonyl (C=O) groups excluding carboxylic acids is 3. The van der Waals surface area contributed by atoms with Crippen molar-refractivity contribution in [1.82, 2.24) is 0 Å². The maximum atomic E-state index is 13.2. The summed E-state index contributed by atoms with van der Waals surface area (Å²) in [6, 6.07) is 0. The van der Waals surface area contributed by atoms with Gasteiger partial charge in [0, 0.05) is 19.3 Å². The SMILES string of the molecule is CCCCC/C=C\C/C=C\CCCCCCCCCC(=O)OC1C(OCC(COC(=O)CCCCCCCCCCCCCCCCCCCCC)OC(=O)CCCCCCC/C=C\C/C=C\CCCCC)OC(C(=O)O)C(O)C1O. The molecule has 0 amide bonds. The zero-order chi connectivity index (χ0) is 58.9. The quantitative estimate of drug-likeness (QED) is 0.0228. The fraction of sp³-hybridized carbons (Fsp3) is 0.826. The molecule has 0 saturated carbocycles. The summed E-state index contributed by atoms with van der Waals surface area (Å²) >= 11 is 0. The smallest absolute Gasteiger partial charge is 0.335 e. The van der Waals surface area contributed by atoms with E-state index in [0.29, 0.717) is 19.3 Å². The summed E-state index contributed by atoms with van der Waals surface area (Å²) < 4.78 is 28.6. The van der Waals surface area contributed by atoms with E-state index in [4.69, 9.17) is 23.7 Å². The summed E-state index contributed by atoms with van der Waals surface area (Å²) in [5.41, 5.74) is 0. The molecule has 1 saturated heterocycles. The van der Waals surface area contributed by atoms with Gasteiger partial charge < -0.3 is 39.0 Å². The standard InChI is InChI=1S/C69H122O12/c1-4-7-10-13-16-19-22-25-28-30-31-33-35-37-40-43-46-49-52-55-61(70)77-58-60(79-62(71)56-53-50-47-44-41-38-34-27-24-21-18-15-12-9-6-3)59-78-69-67(65(74)64(73)66(81-69)68(75)76)80-63(72)57-54-51-48-45-42-39-36-32-29-26-23-20-17-14-11-8-5-2/h17-18,20-21,26-27,29,34,60,64-67,69,73-74H,4-16,19,22-25,28,30-33,35-59H2,1-3H3,(H,75,76)/b20-17-,21-18-,29-26-,34-27-. The molecule has 1 heterocycles. The Hall–Kier alpha value is -3.32. The number of unbranched alkanes of at least 4 members (excludes halogenated alkanes) is 36. The van der Waals surface area contributed by atoms with E-state index in [1.165, 1.54) is 135 Å². The van der Waals surface area contributed by atoms with Crippen LogP contribution in [0.15, 0.2) is 48.6 Å². The van der Waals surface area contributed by atoms with E-state index < -0.39 is 67.3 Å². The van der Waals surface area contributed by atoms with Crippen molar-refractivity contribution < 1.29 is 58.2 Å². The summed E-state index contributed by atoms with van der Waals surface area (Å²) in [7, 11) is 0. The van der Waals surface area contributed by atoms with E-state index in [9.17, 15) is 34.5 Å². The molecule has 12 nitrogen and oxygen atoms in total. The van der Waals surface area contributed by atoms with Gasteiger partial charge >= 0.3 is 23.9 Å². The molecule has 81 heavy (non-hydrogen) atoms. The lowest BCUT2D eigenvalue weighted by molar-refractivity contribution is -0.301. The number of allylic oxidation sites excluding steroid dienone is 8. The Morgan fingerprint density at radius 2 is 0.741 bits per heavy atom. The molecule has 0 radical (unpaired) electrons. The van der Waals surface area contributed by atoms with Gasteiger partial charge in [-0.3, -0.25) is 14.4 Å². The van der Waals surface area contributed by atoms with Crippen LogP contribution in [-0.2, 0) is 42.9 Å². The summed E-state index contributed by atoms with van der Waals surface area (Å²) in [4.78, 5) is 51.4. The molecule has 6 unspecified atom stereocenters. The second-order valence-corrected chi connectivity index (χ2v) is 23.1. The van der Waals surface area contributed by atoms with Crippen LogP contribution in [0, 0.1) is 0 Å². The minimum atomic E-state index is -1.91. The van der Waals surface area contributed by atoms with Crippen molar-refractivity contribution >= 4 is 23.9 Å². The third kappa shape index (κ3) is 46.7. The molecular weight excluding hydrogens is 1020 g/mol. The molecule has 1 aliphatic rings. The average Bonchev–Trinajstić information content (AvgIpc) is 3.53. The van der Waals surface area contributed by atoms with Gasteiger partial charge in [-0.2, -0.15) is 0 Å². The third-order valence-corrected chi connectivity index (χ3v) is 15.4. The summed E-state index contributed by atoms with van der Waals surface area (Å²) in [6.07, 6.45) is 57.8. The van der Waals surface area contributed by atoms with Crippen molar-refractivity contribution in [1.29, 1.82) is 0 Å². The average molecular weight is 1140 g/mol. The minimum absolute atomic E-state index is 0.0517. The summed E-state index contributed by atoms with van der Waals surface area (Å²) in [6.45, 7) is 5.98. The second kappa shape index (κ2) is 57.1. The van der Waals surface area contributed by atoms with Crippen molar-refractivity contribution in [3.05, 3.63) is 48.6 Å². The highest BCUT2D eigenvalue weighted by atomic mass is 16.7. The molecule has 0 spiro atoms. The molecule has 0 aromatic heterocycles. The summed E-state index contributed by atoms with van der Waals surface area (Å²) in [5, 5.41) is 31.6. The van der Waals surface area contributed by atoms with E-state index in [0.717, 1.165) is 122 Å². The number of carboxylic acid groups (broad SMARTS) is 1. The zero-order valence-corrected chi connectivity index (χ0v) is 52.0. The summed E-state index contributed by atoms with van der Waals surface area (Å²) in [5.74, 6) is -3.12. The number of esters is 3. The van der Waals surface area contributed by atoms with Crippen LogP contribution in [0.5, 0.6) is 0 Å². The van der Waals surface area contributed by atoms with Crippen LogP contribution in [0.25, 0.3) is 0 Å². The number of carbonyl (C=O) groups is 4. The van der Waals surface area contributed by atoms with Gasteiger partial charge in [0.25, 0.3) is 0 Å². The molecule has 0 aliphatic carbocycles. The Bertz CT molecular complexity index is 1590. The monoisotopic (exact) mass is 1140 g/mol. The molecule has 12 heteroatoms. The van der Waals surface area contributed by atoms with Gasteiger partial charge in [0.2, 0.25) is 0 Å². The first-order valence-electron chi connectivity index (χ1n) is 33.6.